The molecule has 4 heteroatoms. The fourth-order valence-electron chi connectivity index (χ4n) is 1.43. The van der Waals surface area contributed by atoms with Gasteiger partial charge in [0.15, 0.2) is 0 Å². The van der Waals surface area contributed by atoms with Crippen LogP contribution in [0.2, 0.25) is 0 Å². The van der Waals surface area contributed by atoms with Crippen molar-refractivity contribution in [2.75, 3.05) is 11.9 Å². The van der Waals surface area contributed by atoms with Gasteiger partial charge in [0.2, 0.25) is 5.95 Å². The average Bonchev–Trinajstić information content (AvgIpc) is 2.15. The van der Waals surface area contributed by atoms with E-state index in [0.29, 0.717) is 18.7 Å². The van der Waals surface area contributed by atoms with Crippen LogP contribution in [-0.2, 0) is 0 Å². The van der Waals surface area contributed by atoms with Crippen molar-refractivity contribution >= 4 is 5.69 Å². The summed E-state index contributed by atoms with van der Waals surface area (Å²) in [6.07, 6.45) is 3.03. The highest BCUT2D eigenvalue weighted by molar-refractivity contribution is 5.41. The van der Waals surface area contributed by atoms with Gasteiger partial charge in [-0.05, 0) is 19.4 Å². The summed E-state index contributed by atoms with van der Waals surface area (Å²) in [6.45, 7) is 4.19. The first kappa shape index (κ1) is 11.9. The molecule has 84 valence electrons. The first-order valence-electron chi connectivity index (χ1n) is 5.11. The number of pyridine rings is 1. The zero-order valence-electron chi connectivity index (χ0n) is 9.13. The molecule has 1 rings (SSSR count). The molecule has 0 radical (unpaired) electrons. The minimum Gasteiger partial charge on any atom is -0.388 e. The number of hydrogen-bond donors (Lipinski definition) is 2. The van der Waals surface area contributed by atoms with E-state index in [1.807, 2.05) is 6.92 Å². The summed E-state index contributed by atoms with van der Waals surface area (Å²) >= 11 is 0. The van der Waals surface area contributed by atoms with Crippen LogP contribution < -0.4 is 5.32 Å². The van der Waals surface area contributed by atoms with Gasteiger partial charge in [0.1, 0.15) is 0 Å². The van der Waals surface area contributed by atoms with Crippen molar-refractivity contribution in [3.8, 4) is 0 Å². The highest BCUT2D eigenvalue weighted by atomic mass is 19.1. The summed E-state index contributed by atoms with van der Waals surface area (Å²) in [5.41, 5.74) is -0.118. The molecule has 0 saturated heterocycles. The number of hydrogen-bond acceptors (Lipinski definition) is 3. The van der Waals surface area contributed by atoms with Gasteiger partial charge in [-0.25, -0.2) is 4.98 Å². The van der Waals surface area contributed by atoms with E-state index in [-0.39, 0.29) is 0 Å². The van der Waals surface area contributed by atoms with Crippen LogP contribution in [0.15, 0.2) is 18.3 Å². The second kappa shape index (κ2) is 5.07. The van der Waals surface area contributed by atoms with Crippen molar-refractivity contribution in [2.24, 2.45) is 0 Å². The third-order valence-corrected chi connectivity index (χ3v) is 2.19. The van der Waals surface area contributed by atoms with Crippen molar-refractivity contribution in [2.45, 2.75) is 32.3 Å². The largest absolute Gasteiger partial charge is 0.388 e. The van der Waals surface area contributed by atoms with E-state index in [9.17, 15) is 9.50 Å². The van der Waals surface area contributed by atoms with Gasteiger partial charge in [0, 0.05) is 24.5 Å². The molecule has 0 amide bonds. The molecule has 0 aliphatic rings. The maximum absolute atomic E-state index is 12.7. The topological polar surface area (TPSA) is 45.1 Å². The van der Waals surface area contributed by atoms with Crippen LogP contribution in [0.3, 0.4) is 0 Å². The standard InChI is InChI=1S/C11H17FN2O/c1-3-5-11(2,15)8-14-9-4-6-13-10(12)7-9/h4,6-7,15H,3,5,8H2,1-2H3,(H,13,14). The Balaban J connectivity index is 2.49. The third kappa shape index (κ3) is 4.25. The minimum absolute atomic E-state index is 0.407. The van der Waals surface area contributed by atoms with Gasteiger partial charge >= 0.3 is 0 Å². The van der Waals surface area contributed by atoms with E-state index in [0.717, 1.165) is 6.42 Å². The fraction of sp³-hybridized carbons (Fsp3) is 0.545. The molecule has 0 saturated carbocycles. The lowest BCUT2D eigenvalue weighted by molar-refractivity contribution is 0.0637. The van der Waals surface area contributed by atoms with E-state index < -0.39 is 11.5 Å². The number of anilines is 1. The number of aromatic nitrogens is 1. The SMILES string of the molecule is CCCC(C)(O)CNc1ccnc(F)c1. The number of nitrogens with one attached hydrogen (secondary N) is 1. The average molecular weight is 212 g/mol. The van der Waals surface area contributed by atoms with E-state index >= 15 is 0 Å². The smallest absolute Gasteiger partial charge is 0.214 e. The summed E-state index contributed by atoms with van der Waals surface area (Å²) in [7, 11) is 0. The number of rotatable bonds is 5. The van der Waals surface area contributed by atoms with E-state index in [4.69, 9.17) is 0 Å². The van der Waals surface area contributed by atoms with Gasteiger partial charge in [-0.2, -0.15) is 4.39 Å². The maximum atomic E-state index is 12.7. The zero-order chi connectivity index (χ0) is 11.3. The quantitative estimate of drug-likeness (QED) is 0.735. The molecule has 15 heavy (non-hydrogen) atoms. The van der Waals surface area contributed by atoms with Crippen LogP contribution in [0, 0.1) is 5.95 Å². The van der Waals surface area contributed by atoms with Crippen LogP contribution in [0.4, 0.5) is 10.1 Å². The van der Waals surface area contributed by atoms with E-state index in [2.05, 4.69) is 10.3 Å². The van der Waals surface area contributed by atoms with Crippen LogP contribution in [-0.4, -0.2) is 22.2 Å². The van der Waals surface area contributed by atoms with Gasteiger partial charge in [-0.3, -0.25) is 0 Å². The van der Waals surface area contributed by atoms with Crippen LogP contribution in [0.25, 0.3) is 0 Å². The Hall–Kier alpha value is -1.16. The Morgan fingerprint density at radius 3 is 2.93 bits per heavy atom. The van der Waals surface area contributed by atoms with Gasteiger partial charge in [-0.15, -0.1) is 0 Å². The van der Waals surface area contributed by atoms with Crippen molar-refractivity contribution < 1.29 is 9.50 Å². The van der Waals surface area contributed by atoms with Gasteiger partial charge in [0.05, 0.1) is 5.60 Å². The first-order chi connectivity index (χ1) is 7.03. The summed E-state index contributed by atoms with van der Waals surface area (Å²) in [6, 6.07) is 2.98. The third-order valence-electron chi connectivity index (χ3n) is 2.19. The molecule has 1 aromatic rings. The maximum Gasteiger partial charge on any atom is 0.214 e. The summed E-state index contributed by atoms with van der Waals surface area (Å²) in [5, 5.41) is 12.9. The molecule has 0 spiro atoms. The predicted octanol–water partition coefficient (Wildman–Crippen LogP) is 2.18. The summed E-state index contributed by atoms with van der Waals surface area (Å²) in [5.74, 6) is -0.518. The van der Waals surface area contributed by atoms with E-state index in [1.54, 1.807) is 13.0 Å². The normalized spacial score (nSPS) is 14.7. The lowest BCUT2D eigenvalue weighted by Gasteiger charge is -2.23. The van der Waals surface area contributed by atoms with Gasteiger partial charge < -0.3 is 10.4 Å². The Kier molecular flexibility index (Phi) is 4.03. The Bertz CT molecular complexity index is 315. The predicted molar refractivity (Wildman–Crippen MR) is 58.2 cm³/mol. The lowest BCUT2D eigenvalue weighted by atomic mass is 10.0. The Labute approximate surface area is 89.4 Å². The van der Waals surface area contributed by atoms with Crippen LogP contribution in [0.5, 0.6) is 0 Å². The molecule has 0 aliphatic heterocycles. The van der Waals surface area contributed by atoms with Gasteiger partial charge in [-0.1, -0.05) is 13.3 Å². The lowest BCUT2D eigenvalue weighted by Crippen LogP contribution is -2.33. The van der Waals surface area contributed by atoms with E-state index in [1.165, 1.54) is 12.3 Å². The molecule has 1 aromatic heterocycles. The molecule has 3 nitrogen and oxygen atoms in total. The zero-order valence-corrected chi connectivity index (χ0v) is 9.13. The van der Waals surface area contributed by atoms with Crippen molar-refractivity contribution in [3.05, 3.63) is 24.3 Å². The molecule has 1 heterocycles. The number of aliphatic hydroxyl groups is 1. The summed E-state index contributed by atoms with van der Waals surface area (Å²) < 4.78 is 12.7. The first-order valence-corrected chi connectivity index (χ1v) is 5.11. The Morgan fingerprint density at radius 1 is 1.60 bits per heavy atom. The molecule has 0 aliphatic carbocycles. The molecule has 0 aromatic carbocycles. The molecule has 2 N–H and O–H groups in total. The molecular formula is C11H17FN2O. The molecule has 1 unspecified atom stereocenters. The van der Waals surface area contributed by atoms with Gasteiger partial charge in [0.25, 0.3) is 0 Å². The molecular weight excluding hydrogens is 195 g/mol. The van der Waals surface area contributed by atoms with Crippen molar-refractivity contribution in [3.63, 3.8) is 0 Å². The second-order valence-electron chi connectivity index (χ2n) is 3.97. The van der Waals surface area contributed by atoms with Crippen molar-refractivity contribution in [1.29, 1.82) is 0 Å². The monoisotopic (exact) mass is 212 g/mol. The fourth-order valence-corrected chi connectivity index (χ4v) is 1.43. The molecule has 0 fully saturated rings. The second-order valence-corrected chi connectivity index (χ2v) is 3.97. The highest BCUT2D eigenvalue weighted by Gasteiger charge is 2.18. The number of nitrogens with zero attached hydrogens (tertiary/aromatic N) is 1. The molecule has 0 bridgehead atoms. The van der Waals surface area contributed by atoms with Crippen molar-refractivity contribution in [1.82, 2.24) is 4.98 Å². The van der Waals surface area contributed by atoms with Crippen LogP contribution >= 0.6 is 0 Å². The summed E-state index contributed by atoms with van der Waals surface area (Å²) in [4.78, 5) is 3.45. The highest BCUT2D eigenvalue weighted by Crippen LogP contribution is 2.14. The minimum atomic E-state index is -0.755. The Morgan fingerprint density at radius 2 is 2.33 bits per heavy atom. The van der Waals surface area contributed by atoms with Crippen LogP contribution in [0.1, 0.15) is 26.7 Å². The number of halogens is 1. The molecule has 1 atom stereocenters.